The Hall–Kier alpha value is -3.09. The zero-order valence-electron chi connectivity index (χ0n) is 13.6. The Morgan fingerprint density at radius 1 is 1.00 bits per heavy atom. The molecule has 0 radical (unpaired) electrons. The van der Waals surface area contributed by atoms with Crippen LogP contribution in [0.1, 0.15) is 16.2 Å². The molecule has 128 valence electrons. The van der Waals surface area contributed by atoms with Gasteiger partial charge >= 0.3 is 0 Å². The predicted octanol–water partition coefficient (Wildman–Crippen LogP) is 1.95. The van der Waals surface area contributed by atoms with Gasteiger partial charge in [-0.1, -0.05) is 17.3 Å². The molecule has 0 saturated carbocycles. The lowest BCUT2D eigenvalue weighted by Gasteiger charge is -2.34. The Balaban J connectivity index is 1.37. The van der Waals surface area contributed by atoms with E-state index in [-0.39, 0.29) is 18.2 Å². The number of benzene rings is 1. The van der Waals surface area contributed by atoms with Crippen LogP contribution in [-0.2, 0) is 11.2 Å². The van der Waals surface area contributed by atoms with Gasteiger partial charge in [0.2, 0.25) is 5.91 Å². The standard InChI is InChI=1S/C18H17N3O4/c22-17(12-14-13-4-1-2-5-15(13)25-19-14)20-7-9-21(10-8-20)18(23)16-6-3-11-24-16/h1-6,11H,7-10,12H2. The lowest BCUT2D eigenvalue weighted by Crippen LogP contribution is -2.51. The number of aromatic nitrogens is 1. The summed E-state index contributed by atoms with van der Waals surface area (Å²) in [5.41, 5.74) is 1.33. The molecule has 0 spiro atoms. The molecule has 0 N–H and O–H groups in total. The van der Waals surface area contributed by atoms with Crippen LogP contribution in [-0.4, -0.2) is 52.9 Å². The minimum absolute atomic E-state index is 0.0100. The van der Waals surface area contributed by atoms with E-state index in [9.17, 15) is 9.59 Å². The number of hydrogen-bond acceptors (Lipinski definition) is 5. The Bertz CT molecular complexity index is 892. The second-order valence-corrected chi connectivity index (χ2v) is 5.95. The zero-order chi connectivity index (χ0) is 17.2. The van der Waals surface area contributed by atoms with E-state index in [4.69, 9.17) is 8.94 Å². The maximum atomic E-state index is 12.5. The molecule has 2 amide bonds. The quantitative estimate of drug-likeness (QED) is 0.729. The predicted molar refractivity (Wildman–Crippen MR) is 88.9 cm³/mol. The highest BCUT2D eigenvalue weighted by atomic mass is 16.5. The third-order valence-corrected chi connectivity index (χ3v) is 4.42. The van der Waals surface area contributed by atoms with Crippen molar-refractivity contribution in [3.63, 3.8) is 0 Å². The molecule has 0 aliphatic carbocycles. The number of fused-ring (bicyclic) bond motifs is 1. The summed E-state index contributed by atoms with van der Waals surface area (Å²) >= 11 is 0. The van der Waals surface area contributed by atoms with E-state index in [1.165, 1.54) is 6.26 Å². The number of para-hydroxylation sites is 1. The molecule has 0 atom stereocenters. The van der Waals surface area contributed by atoms with Gasteiger partial charge in [0.1, 0.15) is 5.69 Å². The number of rotatable bonds is 3. The van der Waals surface area contributed by atoms with Gasteiger partial charge in [0, 0.05) is 31.6 Å². The number of piperazine rings is 1. The number of furan rings is 1. The monoisotopic (exact) mass is 339 g/mol. The van der Waals surface area contributed by atoms with Crippen molar-refractivity contribution >= 4 is 22.8 Å². The Kier molecular flexibility index (Phi) is 3.97. The van der Waals surface area contributed by atoms with Crippen LogP contribution >= 0.6 is 0 Å². The largest absolute Gasteiger partial charge is 0.459 e. The molecule has 7 nitrogen and oxygen atoms in total. The summed E-state index contributed by atoms with van der Waals surface area (Å²) in [6.07, 6.45) is 1.68. The topological polar surface area (TPSA) is 79.8 Å². The Morgan fingerprint density at radius 3 is 2.52 bits per heavy atom. The van der Waals surface area contributed by atoms with Gasteiger partial charge in [0.05, 0.1) is 12.7 Å². The SMILES string of the molecule is O=C(Cc1noc2ccccc12)N1CCN(C(=O)c2ccco2)CC1. The van der Waals surface area contributed by atoms with Crippen molar-refractivity contribution < 1.29 is 18.5 Å². The zero-order valence-corrected chi connectivity index (χ0v) is 13.6. The smallest absolute Gasteiger partial charge is 0.289 e. The molecule has 0 bridgehead atoms. The molecule has 7 heteroatoms. The number of carbonyl (C=O) groups excluding carboxylic acids is 2. The van der Waals surface area contributed by atoms with Gasteiger partial charge in [0.25, 0.3) is 5.91 Å². The summed E-state index contributed by atoms with van der Waals surface area (Å²) in [6.45, 7) is 1.98. The van der Waals surface area contributed by atoms with Crippen LogP contribution in [0.3, 0.4) is 0 Å². The first-order valence-electron chi connectivity index (χ1n) is 8.16. The Labute approximate surface area is 143 Å². The van der Waals surface area contributed by atoms with Crippen molar-refractivity contribution in [1.82, 2.24) is 15.0 Å². The molecule has 3 heterocycles. The van der Waals surface area contributed by atoms with Gasteiger partial charge in [-0.25, -0.2) is 0 Å². The molecule has 0 unspecified atom stereocenters. The first-order chi connectivity index (χ1) is 12.2. The van der Waals surface area contributed by atoms with E-state index in [1.54, 1.807) is 21.9 Å². The number of hydrogen-bond donors (Lipinski definition) is 0. The van der Waals surface area contributed by atoms with Gasteiger partial charge in [-0.15, -0.1) is 0 Å². The molecule has 1 aliphatic heterocycles. The third kappa shape index (κ3) is 3.00. The molecule has 25 heavy (non-hydrogen) atoms. The highest BCUT2D eigenvalue weighted by Gasteiger charge is 2.26. The molecule has 1 aliphatic rings. The molecular formula is C18H17N3O4. The number of carbonyl (C=O) groups is 2. The van der Waals surface area contributed by atoms with E-state index in [0.29, 0.717) is 43.2 Å². The van der Waals surface area contributed by atoms with Crippen molar-refractivity contribution in [2.45, 2.75) is 6.42 Å². The maximum Gasteiger partial charge on any atom is 0.289 e. The van der Waals surface area contributed by atoms with Gasteiger partial charge in [-0.2, -0.15) is 0 Å². The maximum absolute atomic E-state index is 12.5. The number of amides is 2. The van der Waals surface area contributed by atoms with Crippen LogP contribution < -0.4 is 0 Å². The minimum Gasteiger partial charge on any atom is -0.459 e. The van der Waals surface area contributed by atoms with E-state index >= 15 is 0 Å². The number of nitrogens with zero attached hydrogens (tertiary/aromatic N) is 3. The van der Waals surface area contributed by atoms with Crippen LogP contribution in [0.4, 0.5) is 0 Å². The molecule has 1 aromatic carbocycles. The third-order valence-electron chi connectivity index (χ3n) is 4.42. The summed E-state index contributed by atoms with van der Waals surface area (Å²) in [6, 6.07) is 10.8. The fourth-order valence-electron chi connectivity index (χ4n) is 3.04. The van der Waals surface area contributed by atoms with Gasteiger partial charge < -0.3 is 18.7 Å². The van der Waals surface area contributed by atoms with Crippen LogP contribution in [0.5, 0.6) is 0 Å². The lowest BCUT2D eigenvalue weighted by molar-refractivity contribution is -0.132. The van der Waals surface area contributed by atoms with E-state index in [1.807, 2.05) is 24.3 Å². The van der Waals surface area contributed by atoms with E-state index in [2.05, 4.69) is 5.16 Å². The summed E-state index contributed by atoms with van der Waals surface area (Å²) in [4.78, 5) is 28.2. The molecule has 3 aromatic rings. The van der Waals surface area contributed by atoms with Crippen molar-refractivity contribution in [3.8, 4) is 0 Å². The first-order valence-corrected chi connectivity index (χ1v) is 8.16. The molecule has 2 aromatic heterocycles. The minimum atomic E-state index is -0.139. The molecule has 4 rings (SSSR count). The highest BCUT2D eigenvalue weighted by Crippen LogP contribution is 2.19. The fraction of sp³-hybridized carbons (Fsp3) is 0.278. The lowest BCUT2D eigenvalue weighted by atomic mass is 10.1. The summed E-state index contributed by atoms with van der Waals surface area (Å²) < 4.78 is 10.4. The Morgan fingerprint density at radius 2 is 1.76 bits per heavy atom. The molecule has 1 saturated heterocycles. The van der Waals surface area contributed by atoms with Gasteiger partial charge in [0.15, 0.2) is 11.3 Å². The summed E-state index contributed by atoms with van der Waals surface area (Å²) in [5, 5.41) is 4.87. The van der Waals surface area contributed by atoms with Crippen LogP contribution in [0.15, 0.2) is 51.6 Å². The average molecular weight is 339 g/mol. The summed E-state index contributed by atoms with van der Waals surface area (Å²) in [5.74, 6) is 0.178. The van der Waals surface area contributed by atoms with Crippen LogP contribution in [0.2, 0.25) is 0 Å². The van der Waals surface area contributed by atoms with Crippen molar-refractivity contribution in [2.24, 2.45) is 0 Å². The van der Waals surface area contributed by atoms with E-state index in [0.717, 1.165) is 5.39 Å². The summed E-state index contributed by atoms with van der Waals surface area (Å²) in [7, 11) is 0. The van der Waals surface area contributed by atoms with Crippen molar-refractivity contribution in [3.05, 3.63) is 54.1 Å². The second-order valence-electron chi connectivity index (χ2n) is 5.95. The van der Waals surface area contributed by atoms with Crippen LogP contribution in [0, 0.1) is 0 Å². The fourth-order valence-corrected chi connectivity index (χ4v) is 3.04. The normalized spacial score (nSPS) is 14.9. The van der Waals surface area contributed by atoms with Gasteiger partial charge in [-0.3, -0.25) is 9.59 Å². The molecule has 1 fully saturated rings. The first kappa shape index (κ1) is 15.4. The second kappa shape index (κ2) is 6.43. The van der Waals surface area contributed by atoms with Crippen molar-refractivity contribution in [1.29, 1.82) is 0 Å². The van der Waals surface area contributed by atoms with Gasteiger partial charge in [-0.05, 0) is 24.3 Å². The highest BCUT2D eigenvalue weighted by molar-refractivity contribution is 5.92. The average Bonchev–Trinajstić information content (AvgIpc) is 3.32. The van der Waals surface area contributed by atoms with Crippen LogP contribution in [0.25, 0.3) is 11.0 Å². The van der Waals surface area contributed by atoms with Crippen molar-refractivity contribution in [2.75, 3.05) is 26.2 Å². The van der Waals surface area contributed by atoms with E-state index < -0.39 is 0 Å². The molecular weight excluding hydrogens is 322 g/mol.